The number of pyridine rings is 1. The van der Waals surface area contributed by atoms with E-state index in [1.165, 1.54) is 0 Å². The van der Waals surface area contributed by atoms with Crippen LogP contribution in [-0.4, -0.2) is 30.1 Å². The fraction of sp³-hybridized carbons (Fsp3) is 0.333. The van der Waals surface area contributed by atoms with Gasteiger partial charge in [-0.25, -0.2) is 0 Å². The molecule has 36 heavy (non-hydrogen) atoms. The number of carbonyl (C=O) groups is 1. The van der Waals surface area contributed by atoms with Crippen LogP contribution >= 0.6 is 0 Å². The van der Waals surface area contributed by atoms with Crippen molar-refractivity contribution in [1.29, 1.82) is 0 Å². The summed E-state index contributed by atoms with van der Waals surface area (Å²) < 4.78 is 11.8. The lowest BCUT2D eigenvalue weighted by Gasteiger charge is -2.27. The van der Waals surface area contributed by atoms with Gasteiger partial charge in [-0.2, -0.15) is 0 Å². The number of hydrogen-bond donors (Lipinski definition) is 2. The molecule has 4 aromatic rings. The highest BCUT2D eigenvalue weighted by atomic mass is 16.5. The summed E-state index contributed by atoms with van der Waals surface area (Å²) in [5, 5.41) is 7.80. The first-order chi connectivity index (χ1) is 17.4. The van der Waals surface area contributed by atoms with E-state index in [9.17, 15) is 4.79 Å². The summed E-state index contributed by atoms with van der Waals surface area (Å²) >= 11 is 0. The van der Waals surface area contributed by atoms with Crippen LogP contribution < -0.4 is 15.4 Å². The standard InChI is InChI=1S/C30H31N3O3/c1-18-6-7-23(35-17-22-8-12-31-22)16-25(18)29(34)33-30(9-10-30)27-14-21(26-13-19(2)36-20(26)3)15-28-24(27)5-4-11-32-28/h4-7,11,13-16,22,31H,8-10,12,17H2,1-3H3,(H,33,34)/t22-/m0/s1. The number of rotatable bonds is 7. The van der Waals surface area contributed by atoms with Crippen molar-refractivity contribution in [2.75, 3.05) is 13.2 Å². The van der Waals surface area contributed by atoms with Crippen LogP contribution in [0.1, 0.15) is 52.3 Å². The predicted molar refractivity (Wildman–Crippen MR) is 140 cm³/mol. The molecule has 2 aliphatic rings. The predicted octanol–water partition coefficient (Wildman–Crippen LogP) is 5.58. The number of amides is 1. The fourth-order valence-electron chi connectivity index (χ4n) is 5.15. The van der Waals surface area contributed by atoms with E-state index in [2.05, 4.69) is 39.9 Å². The molecule has 6 nitrogen and oxygen atoms in total. The number of fused-ring (bicyclic) bond motifs is 1. The molecule has 1 saturated heterocycles. The number of furan rings is 1. The average Bonchev–Trinajstić information content (AvgIpc) is 3.53. The Labute approximate surface area is 211 Å². The van der Waals surface area contributed by atoms with E-state index in [0.29, 0.717) is 18.2 Å². The van der Waals surface area contributed by atoms with Crippen LogP contribution in [0.4, 0.5) is 0 Å². The van der Waals surface area contributed by atoms with Crippen molar-refractivity contribution >= 4 is 16.8 Å². The molecule has 1 aliphatic heterocycles. The van der Waals surface area contributed by atoms with Crippen LogP contribution in [0.2, 0.25) is 0 Å². The van der Waals surface area contributed by atoms with Gasteiger partial charge in [0, 0.05) is 28.8 Å². The Kier molecular flexibility index (Phi) is 5.56. The third kappa shape index (κ3) is 4.16. The third-order valence-corrected chi connectivity index (χ3v) is 7.52. The Morgan fingerprint density at radius 3 is 2.69 bits per heavy atom. The van der Waals surface area contributed by atoms with Crippen molar-refractivity contribution in [2.45, 2.75) is 51.6 Å². The molecule has 0 bridgehead atoms. The van der Waals surface area contributed by atoms with E-state index in [1.807, 2.05) is 51.2 Å². The first-order valence-corrected chi connectivity index (χ1v) is 12.7. The van der Waals surface area contributed by atoms with Gasteiger partial charge in [-0.15, -0.1) is 0 Å². The molecule has 1 amide bonds. The third-order valence-electron chi connectivity index (χ3n) is 7.52. The van der Waals surface area contributed by atoms with Crippen molar-refractivity contribution in [1.82, 2.24) is 15.6 Å². The number of hydrogen-bond acceptors (Lipinski definition) is 5. The van der Waals surface area contributed by atoms with Gasteiger partial charge in [0.1, 0.15) is 23.9 Å². The molecule has 184 valence electrons. The van der Waals surface area contributed by atoms with E-state index in [1.54, 1.807) is 0 Å². The topological polar surface area (TPSA) is 76.4 Å². The van der Waals surface area contributed by atoms with Gasteiger partial charge in [0.05, 0.1) is 11.1 Å². The van der Waals surface area contributed by atoms with Gasteiger partial charge >= 0.3 is 0 Å². The second-order valence-corrected chi connectivity index (χ2v) is 10.2. The van der Waals surface area contributed by atoms with Crippen LogP contribution in [-0.2, 0) is 5.54 Å². The molecule has 0 radical (unpaired) electrons. The van der Waals surface area contributed by atoms with E-state index < -0.39 is 5.54 Å². The Balaban J connectivity index is 1.33. The molecule has 2 aromatic carbocycles. The molecular weight excluding hydrogens is 450 g/mol. The zero-order valence-electron chi connectivity index (χ0n) is 21.0. The van der Waals surface area contributed by atoms with Crippen LogP contribution in [0.5, 0.6) is 5.75 Å². The van der Waals surface area contributed by atoms with Crippen molar-refractivity contribution in [3.05, 3.63) is 82.9 Å². The lowest BCUT2D eigenvalue weighted by atomic mass is 9.93. The number of aryl methyl sites for hydroxylation is 3. The average molecular weight is 482 g/mol. The normalized spacial score (nSPS) is 18.0. The first-order valence-electron chi connectivity index (χ1n) is 12.7. The zero-order chi connectivity index (χ0) is 24.9. The summed E-state index contributed by atoms with van der Waals surface area (Å²) in [7, 11) is 0. The second-order valence-electron chi connectivity index (χ2n) is 10.2. The molecule has 2 aromatic heterocycles. The van der Waals surface area contributed by atoms with Gasteiger partial charge in [-0.05, 0) is 99.7 Å². The molecule has 3 heterocycles. The molecule has 1 aliphatic carbocycles. The first kappa shape index (κ1) is 22.8. The molecule has 1 atom stereocenters. The van der Waals surface area contributed by atoms with E-state index in [-0.39, 0.29) is 5.91 Å². The number of carbonyl (C=O) groups excluding carboxylic acids is 1. The van der Waals surface area contributed by atoms with Crippen molar-refractivity contribution < 1.29 is 13.9 Å². The monoisotopic (exact) mass is 481 g/mol. The molecule has 2 fully saturated rings. The molecule has 0 unspecified atom stereocenters. The summed E-state index contributed by atoms with van der Waals surface area (Å²) in [4.78, 5) is 18.2. The highest BCUT2D eigenvalue weighted by Gasteiger charge is 2.47. The lowest BCUT2D eigenvalue weighted by molar-refractivity contribution is 0.0930. The van der Waals surface area contributed by atoms with Gasteiger partial charge in [0.25, 0.3) is 5.91 Å². The summed E-state index contributed by atoms with van der Waals surface area (Å²) in [5.74, 6) is 2.42. The van der Waals surface area contributed by atoms with E-state index >= 15 is 0 Å². The molecule has 2 N–H and O–H groups in total. The van der Waals surface area contributed by atoms with Gasteiger partial charge in [0.2, 0.25) is 0 Å². The Hall–Kier alpha value is -3.64. The Morgan fingerprint density at radius 2 is 2.00 bits per heavy atom. The molecular formula is C30H31N3O3. The van der Waals surface area contributed by atoms with E-state index in [4.69, 9.17) is 9.15 Å². The summed E-state index contributed by atoms with van der Waals surface area (Å²) in [6.07, 6.45) is 4.72. The zero-order valence-corrected chi connectivity index (χ0v) is 21.0. The molecule has 0 spiro atoms. The summed E-state index contributed by atoms with van der Waals surface area (Å²) in [6, 6.07) is 16.6. The Morgan fingerprint density at radius 1 is 1.17 bits per heavy atom. The second kappa shape index (κ2) is 8.79. The maximum Gasteiger partial charge on any atom is 0.252 e. The van der Waals surface area contributed by atoms with Crippen LogP contribution in [0.3, 0.4) is 0 Å². The van der Waals surface area contributed by atoms with Gasteiger partial charge < -0.3 is 19.8 Å². The molecule has 6 rings (SSSR count). The largest absolute Gasteiger partial charge is 0.492 e. The number of nitrogens with zero attached hydrogens (tertiary/aromatic N) is 1. The maximum atomic E-state index is 13.6. The van der Waals surface area contributed by atoms with Crippen LogP contribution in [0.15, 0.2) is 59.1 Å². The summed E-state index contributed by atoms with van der Waals surface area (Å²) in [6.45, 7) is 7.58. The molecule has 6 heteroatoms. The van der Waals surface area contributed by atoms with Crippen molar-refractivity contribution in [3.8, 4) is 16.9 Å². The quantitative estimate of drug-likeness (QED) is 0.360. The number of aromatic nitrogens is 1. The van der Waals surface area contributed by atoms with Gasteiger partial charge in [-0.3, -0.25) is 9.78 Å². The minimum absolute atomic E-state index is 0.0741. The SMILES string of the molecule is Cc1cc(-c2cc(C3(NC(=O)c4cc(OC[C@@H]5CCN5)ccc4C)CC3)c3cccnc3c2)c(C)o1. The highest BCUT2D eigenvalue weighted by molar-refractivity contribution is 5.98. The minimum atomic E-state index is -0.416. The minimum Gasteiger partial charge on any atom is -0.492 e. The Bertz CT molecular complexity index is 1460. The fourth-order valence-corrected chi connectivity index (χ4v) is 5.15. The number of benzene rings is 2. The van der Waals surface area contributed by atoms with E-state index in [0.717, 1.165) is 76.2 Å². The maximum absolute atomic E-state index is 13.6. The number of nitrogens with one attached hydrogen (secondary N) is 2. The van der Waals surface area contributed by atoms with Gasteiger partial charge in [-0.1, -0.05) is 12.1 Å². The van der Waals surface area contributed by atoms with Crippen LogP contribution in [0.25, 0.3) is 22.0 Å². The lowest BCUT2D eigenvalue weighted by Crippen LogP contribution is -2.46. The summed E-state index contributed by atoms with van der Waals surface area (Å²) in [5.41, 5.74) is 5.31. The van der Waals surface area contributed by atoms with Crippen molar-refractivity contribution in [2.24, 2.45) is 0 Å². The van der Waals surface area contributed by atoms with Gasteiger partial charge in [0.15, 0.2) is 0 Å². The molecule has 1 saturated carbocycles. The highest BCUT2D eigenvalue weighted by Crippen LogP contribution is 2.49. The van der Waals surface area contributed by atoms with Crippen molar-refractivity contribution in [3.63, 3.8) is 0 Å². The van der Waals surface area contributed by atoms with Crippen LogP contribution in [0, 0.1) is 20.8 Å². The number of ether oxygens (including phenoxy) is 1. The smallest absolute Gasteiger partial charge is 0.252 e.